The smallest absolute Gasteiger partial charge is 0.321 e. The summed E-state index contributed by atoms with van der Waals surface area (Å²) in [6.07, 6.45) is 0.272. The summed E-state index contributed by atoms with van der Waals surface area (Å²) in [5, 5.41) is 0. The third kappa shape index (κ3) is 1.89. The van der Waals surface area contributed by atoms with Crippen LogP contribution in [0.15, 0.2) is 18.2 Å². The van der Waals surface area contributed by atoms with Crippen molar-refractivity contribution < 1.29 is 28.7 Å². The Balaban J connectivity index is 1.91. The second-order valence-corrected chi connectivity index (χ2v) is 7.09. The Morgan fingerprint density at radius 3 is 2.46 bits per heavy atom. The summed E-state index contributed by atoms with van der Waals surface area (Å²) >= 11 is 0. The van der Waals surface area contributed by atoms with E-state index in [9.17, 15) is 19.2 Å². The normalized spacial score (nSPS) is 34.7. The topological polar surface area (TPSA) is 86.7 Å². The van der Waals surface area contributed by atoms with Crippen molar-refractivity contribution in [3.05, 3.63) is 34.9 Å². The first kappa shape index (κ1) is 15.1. The number of cyclic esters (lactones) is 4. The fourth-order valence-electron chi connectivity index (χ4n) is 4.40. The number of rotatable bonds is 1. The number of esters is 4. The van der Waals surface area contributed by atoms with Crippen LogP contribution in [-0.4, -0.2) is 23.9 Å². The molecule has 1 aliphatic carbocycles. The zero-order chi connectivity index (χ0) is 17.2. The van der Waals surface area contributed by atoms with E-state index < -0.39 is 47.0 Å². The maximum Gasteiger partial charge on any atom is 0.321 e. The van der Waals surface area contributed by atoms with Gasteiger partial charge in [-0.15, -0.1) is 0 Å². The summed E-state index contributed by atoms with van der Waals surface area (Å²) in [4.78, 5) is 48.0. The molecule has 0 spiro atoms. The van der Waals surface area contributed by atoms with Gasteiger partial charge in [0.25, 0.3) is 0 Å². The van der Waals surface area contributed by atoms with Crippen LogP contribution in [-0.2, 0) is 34.1 Å². The highest BCUT2D eigenvalue weighted by Gasteiger charge is 2.58. The molecule has 6 nitrogen and oxygen atoms in total. The number of carbonyl (C=O) groups is 4. The minimum atomic E-state index is -0.753. The lowest BCUT2D eigenvalue weighted by Gasteiger charge is -2.42. The number of aryl methyl sites for hydroxylation is 1. The highest BCUT2D eigenvalue weighted by atomic mass is 16.6. The summed E-state index contributed by atoms with van der Waals surface area (Å²) in [6.45, 7) is 3.76. The molecule has 0 saturated carbocycles. The van der Waals surface area contributed by atoms with Crippen LogP contribution in [0.5, 0.6) is 0 Å². The highest BCUT2D eigenvalue weighted by molar-refractivity contribution is 6.01. The highest BCUT2D eigenvalue weighted by Crippen LogP contribution is 2.54. The quantitative estimate of drug-likeness (QED) is 0.574. The van der Waals surface area contributed by atoms with Gasteiger partial charge in [-0.1, -0.05) is 30.7 Å². The van der Waals surface area contributed by atoms with E-state index in [1.54, 1.807) is 0 Å². The Kier molecular flexibility index (Phi) is 2.98. The van der Waals surface area contributed by atoms with Crippen molar-refractivity contribution in [2.75, 3.05) is 0 Å². The maximum atomic E-state index is 12.2. The lowest BCUT2D eigenvalue weighted by Crippen LogP contribution is -2.43. The van der Waals surface area contributed by atoms with E-state index in [1.807, 2.05) is 32.0 Å². The van der Waals surface area contributed by atoms with Crippen molar-refractivity contribution in [2.24, 2.45) is 11.8 Å². The van der Waals surface area contributed by atoms with Crippen LogP contribution < -0.4 is 0 Å². The molecule has 0 radical (unpaired) electrons. The van der Waals surface area contributed by atoms with E-state index in [2.05, 4.69) is 0 Å². The molecule has 2 saturated heterocycles. The number of hydrogen-bond donors (Lipinski definition) is 0. The molecule has 0 N–H and O–H groups in total. The second-order valence-electron chi connectivity index (χ2n) is 7.09. The van der Waals surface area contributed by atoms with Crippen LogP contribution in [0, 0.1) is 18.8 Å². The van der Waals surface area contributed by atoms with Gasteiger partial charge >= 0.3 is 23.9 Å². The number of ether oxygens (including phenoxy) is 2. The number of carbonyl (C=O) groups excluding carboxylic acids is 4. The molecule has 3 aliphatic rings. The van der Waals surface area contributed by atoms with Crippen LogP contribution in [0.25, 0.3) is 0 Å². The first-order chi connectivity index (χ1) is 11.3. The molecular formula is C18H16O6. The lowest BCUT2D eigenvalue weighted by atomic mass is 9.58. The molecule has 4 unspecified atom stereocenters. The van der Waals surface area contributed by atoms with Crippen molar-refractivity contribution in [1.29, 1.82) is 0 Å². The monoisotopic (exact) mass is 328 g/mol. The molecule has 6 heteroatoms. The summed E-state index contributed by atoms with van der Waals surface area (Å²) in [7, 11) is 0. The fraction of sp³-hybridized carbons (Fsp3) is 0.444. The van der Waals surface area contributed by atoms with Crippen molar-refractivity contribution in [3.63, 3.8) is 0 Å². The molecule has 24 heavy (non-hydrogen) atoms. The van der Waals surface area contributed by atoms with Crippen LogP contribution in [0.2, 0.25) is 0 Å². The molecular weight excluding hydrogens is 312 g/mol. The van der Waals surface area contributed by atoms with Crippen LogP contribution in [0.4, 0.5) is 0 Å². The minimum absolute atomic E-state index is 0.0109. The Labute approximate surface area is 138 Å². The molecule has 2 fully saturated rings. The van der Waals surface area contributed by atoms with Gasteiger partial charge in [-0.2, -0.15) is 0 Å². The Bertz CT molecular complexity index is 810. The van der Waals surface area contributed by atoms with Gasteiger partial charge in [0.15, 0.2) is 0 Å². The van der Waals surface area contributed by atoms with E-state index in [0.717, 1.165) is 16.7 Å². The zero-order valence-electron chi connectivity index (χ0n) is 13.3. The molecule has 0 bridgehead atoms. The average molecular weight is 328 g/mol. The van der Waals surface area contributed by atoms with Gasteiger partial charge in [-0.05, 0) is 24.5 Å². The minimum Gasteiger partial charge on any atom is -0.393 e. The average Bonchev–Trinajstić information content (AvgIpc) is 2.98. The summed E-state index contributed by atoms with van der Waals surface area (Å²) < 4.78 is 9.58. The van der Waals surface area contributed by atoms with Crippen LogP contribution >= 0.6 is 0 Å². The third-order valence-corrected chi connectivity index (χ3v) is 5.60. The van der Waals surface area contributed by atoms with Crippen LogP contribution in [0.3, 0.4) is 0 Å². The molecule has 0 amide bonds. The van der Waals surface area contributed by atoms with E-state index in [1.165, 1.54) is 0 Å². The number of fused-ring (bicyclic) bond motifs is 3. The first-order valence-corrected chi connectivity index (χ1v) is 7.92. The van der Waals surface area contributed by atoms with Gasteiger partial charge < -0.3 is 9.47 Å². The molecule has 4 atom stereocenters. The van der Waals surface area contributed by atoms with Gasteiger partial charge in [0.2, 0.25) is 0 Å². The van der Waals surface area contributed by atoms with Crippen molar-refractivity contribution in [3.8, 4) is 0 Å². The largest absolute Gasteiger partial charge is 0.393 e. The summed E-state index contributed by atoms with van der Waals surface area (Å²) in [5.41, 5.74) is 1.74. The molecule has 2 heterocycles. The zero-order valence-corrected chi connectivity index (χ0v) is 13.3. The summed E-state index contributed by atoms with van der Waals surface area (Å²) in [6, 6.07) is 5.65. The molecule has 0 aromatic heterocycles. The standard InChI is InChI=1S/C18H16O6/c1-8-3-4-11-9(5-8)14-10(15(20)24-17(14)22)7-18(11,2)12-6-13(19)23-16(12)21/h3-5,10,12,14H,6-7H2,1-2H3. The van der Waals surface area contributed by atoms with Crippen molar-refractivity contribution in [2.45, 2.75) is 38.0 Å². The lowest BCUT2D eigenvalue weighted by molar-refractivity contribution is -0.156. The maximum absolute atomic E-state index is 12.2. The van der Waals surface area contributed by atoms with Gasteiger partial charge in [0.1, 0.15) is 0 Å². The second kappa shape index (κ2) is 4.75. The van der Waals surface area contributed by atoms with E-state index in [-0.39, 0.29) is 12.8 Å². The fourth-order valence-corrected chi connectivity index (χ4v) is 4.40. The van der Waals surface area contributed by atoms with Crippen molar-refractivity contribution in [1.82, 2.24) is 0 Å². The molecule has 1 aromatic rings. The van der Waals surface area contributed by atoms with Gasteiger partial charge in [0.05, 0.1) is 24.2 Å². The van der Waals surface area contributed by atoms with E-state index >= 15 is 0 Å². The number of hydrogen-bond acceptors (Lipinski definition) is 6. The predicted molar refractivity (Wildman–Crippen MR) is 79.7 cm³/mol. The number of benzene rings is 1. The van der Waals surface area contributed by atoms with Gasteiger partial charge in [-0.25, -0.2) is 0 Å². The summed E-state index contributed by atoms with van der Waals surface area (Å²) in [5.74, 6) is -4.12. The van der Waals surface area contributed by atoms with Crippen molar-refractivity contribution >= 4 is 23.9 Å². The Morgan fingerprint density at radius 1 is 1.04 bits per heavy atom. The SMILES string of the molecule is Cc1ccc2c(c1)C1C(=O)OC(=O)C1CC2(C)C1CC(=O)OC1=O. The molecule has 2 aliphatic heterocycles. The molecule has 1 aromatic carbocycles. The third-order valence-electron chi connectivity index (χ3n) is 5.60. The Hall–Kier alpha value is -2.50. The Morgan fingerprint density at radius 2 is 1.79 bits per heavy atom. The molecule has 124 valence electrons. The van der Waals surface area contributed by atoms with Gasteiger partial charge in [0, 0.05) is 5.41 Å². The van der Waals surface area contributed by atoms with Gasteiger partial charge in [-0.3, -0.25) is 19.2 Å². The molecule has 4 rings (SSSR count). The van der Waals surface area contributed by atoms with Crippen LogP contribution in [0.1, 0.15) is 42.4 Å². The van der Waals surface area contributed by atoms with E-state index in [0.29, 0.717) is 0 Å². The predicted octanol–water partition coefficient (Wildman–Crippen LogP) is 1.53. The first-order valence-electron chi connectivity index (χ1n) is 7.92. The van der Waals surface area contributed by atoms with E-state index in [4.69, 9.17) is 9.47 Å².